The number of hydrogen-bond acceptors (Lipinski definition) is 3. The number of rotatable bonds is 2. The number of hydrogen-bond donors (Lipinski definition) is 2. The highest BCUT2D eigenvalue weighted by atomic mass is 16.5. The molecule has 1 amide bonds. The second-order valence-electron chi connectivity index (χ2n) is 2.89. The lowest BCUT2D eigenvalue weighted by Gasteiger charge is -2.25. The van der Waals surface area contributed by atoms with Crippen LogP contribution in [-0.2, 0) is 4.74 Å². The summed E-state index contributed by atoms with van der Waals surface area (Å²) >= 11 is 0. The van der Waals surface area contributed by atoms with E-state index in [4.69, 9.17) is 9.84 Å². The molecule has 1 saturated heterocycles. The van der Waals surface area contributed by atoms with Gasteiger partial charge in [0.15, 0.2) is 0 Å². The van der Waals surface area contributed by atoms with Gasteiger partial charge in [0.2, 0.25) is 0 Å². The average molecular weight is 174 g/mol. The molecule has 0 aromatic heterocycles. The maximum absolute atomic E-state index is 10.6. The first-order valence-corrected chi connectivity index (χ1v) is 3.86. The summed E-state index contributed by atoms with van der Waals surface area (Å²) < 4.78 is 5.13. The normalized spacial score (nSPS) is 28.8. The molecular formula is C7H14N2O3. The SMILES string of the molecule is COC1CNCC1N(C)C(=O)O. The quantitative estimate of drug-likeness (QED) is 0.597. The molecule has 2 unspecified atom stereocenters. The summed E-state index contributed by atoms with van der Waals surface area (Å²) in [7, 11) is 3.16. The van der Waals surface area contributed by atoms with Crippen LogP contribution >= 0.6 is 0 Å². The van der Waals surface area contributed by atoms with Gasteiger partial charge in [0.25, 0.3) is 0 Å². The Bertz CT molecular complexity index is 174. The van der Waals surface area contributed by atoms with Gasteiger partial charge in [-0.1, -0.05) is 0 Å². The van der Waals surface area contributed by atoms with Crippen molar-refractivity contribution in [2.24, 2.45) is 0 Å². The lowest BCUT2D eigenvalue weighted by molar-refractivity contribution is 0.0535. The van der Waals surface area contributed by atoms with Gasteiger partial charge in [0.05, 0.1) is 12.1 Å². The van der Waals surface area contributed by atoms with Crippen molar-refractivity contribution in [2.45, 2.75) is 12.1 Å². The Morgan fingerprint density at radius 2 is 2.33 bits per heavy atom. The second kappa shape index (κ2) is 3.73. The van der Waals surface area contributed by atoms with Crippen LogP contribution < -0.4 is 5.32 Å². The molecule has 70 valence electrons. The van der Waals surface area contributed by atoms with Gasteiger partial charge in [-0.05, 0) is 0 Å². The van der Waals surface area contributed by atoms with E-state index in [0.717, 1.165) is 6.54 Å². The third kappa shape index (κ3) is 1.67. The lowest BCUT2D eigenvalue weighted by atomic mass is 10.2. The number of amides is 1. The summed E-state index contributed by atoms with van der Waals surface area (Å²) in [5, 5.41) is 11.8. The summed E-state index contributed by atoms with van der Waals surface area (Å²) in [4.78, 5) is 11.9. The topological polar surface area (TPSA) is 61.8 Å². The van der Waals surface area contributed by atoms with Crippen molar-refractivity contribution in [1.82, 2.24) is 10.2 Å². The first-order chi connectivity index (χ1) is 5.66. The number of nitrogens with one attached hydrogen (secondary N) is 1. The average Bonchev–Trinajstić information content (AvgIpc) is 2.49. The van der Waals surface area contributed by atoms with Gasteiger partial charge in [-0.15, -0.1) is 0 Å². The van der Waals surface area contributed by atoms with Crippen LogP contribution in [-0.4, -0.2) is 55.5 Å². The standard InChI is InChI=1S/C7H14N2O3/c1-9(7(10)11)5-3-8-4-6(5)12-2/h5-6,8H,3-4H2,1-2H3,(H,10,11). The van der Waals surface area contributed by atoms with Gasteiger partial charge in [-0.3, -0.25) is 0 Å². The van der Waals surface area contributed by atoms with Crippen molar-refractivity contribution in [2.75, 3.05) is 27.2 Å². The van der Waals surface area contributed by atoms with Crippen molar-refractivity contribution in [3.05, 3.63) is 0 Å². The fourth-order valence-electron chi connectivity index (χ4n) is 1.41. The van der Waals surface area contributed by atoms with Gasteiger partial charge >= 0.3 is 6.09 Å². The molecule has 2 N–H and O–H groups in total. The summed E-state index contributed by atoms with van der Waals surface area (Å²) in [6.45, 7) is 1.39. The van der Waals surface area contributed by atoms with E-state index >= 15 is 0 Å². The number of methoxy groups -OCH3 is 1. The fraction of sp³-hybridized carbons (Fsp3) is 0.857. The molecule has 0 bridgehead atoms. The maximum atomic E-state index is 10.6. The Kier molecular flexibility index (Phi) is 2.88. The van der Waals surface area contributed by atoms with Crippen LogP contribution in [0.25, 0.3) is 0 Å². The first kappa shape index (κ1) is 9.28. The molecule has 0 aliphatic carbocycles. The molecule has 0 radical (unpaired) electrons. The Morgan fingerprint density at radius 1 is 1.67 bits per heavy atom. The van der Waals surface area contributed by atoms with E-state index in [1.807, 2.05) is 0 Å². The van der Waals surface area contributed by atoms with Crippen LogP contribution in [0.4, 0.5) is 4.79 Å². The molecule has 5 heteroatoms. The van der Waals surface area contributed by atoms with Gasteiger partial charge < -0.3 is 20.1 Å². The van der Waals surface area contributed by atoms with Crippen molar-refractivity contribution in [1.29, 1.82) is 0 Å². The maximum Gasteiger partial charge on any atom is 0.407 e. The summed E-state index contributed by atoms with van der Waals surface area (Å²) in [6, 6.07) is -0.0625. The molecular weight excluding hydrogens is 160 g/mol. The number of nitrogens with zero attached hydrogens (tertiary/aromatic N) is 1. The molecule has 1 aliphatic heterocycles. The van der Waals surface area contributed by atoms with Crippen LogP contribution in [0.15, 0.2) is 0 Å². The minimum atomic E-state index is -0.911. The molecule has 1 fully saturated rings. The van der Waals surface area contributed by atoms with E-state index < -0.39 is 6.09 Å². The third-order valence-electron chi connectivity index (χ3n) is 2.23. The zero-order valence-corrected chi connectivity index (χ0v) is 7.28. The van der Waals surface area contributed by atoms with E-state index in [9.17, 15) is 4.79 Å². The van der Waals surface area contributed by atoms with Crippen LogP contribution in [0, 0.1) is 0 Å². The Balaban J connectivity index is 2.55. The Hall–Kier alpha value is -0.810. The minimum absolute atomic E-state index is 0.0221. The highest BCUT2D eigenvalue weighted by Gasteiger charge is 2.32. The molecule has 5 nitrogen and oxygen atoms in total. The zero-order chi connectivity index (χ0) is 9.14. The molecule has 12 heavy (non-hydrogen) atoms. The molecule has 0 aromatic carbocycles. The zero-order valence-electron chi connectivity index (χ0n) is 7.28. The highest BCUT2D eigenvalue weighted by molar-refractivity contribution is 5.65. The summed E-state index contributed by atoms with van der Waals surface area (Å²) in [5.41, 5.74) is 0. The van der Waals surface area contributed by atoms with E-state index in [1.165, 1.54) is 4.90 Å². The van der Waals surface area contributed by atoms with Crippen LogP contribution in [0.5, 0.6) is 0 Å². The van der Waals surface area contributed by atoms with Crippen LogP contribution in [0.3, 0.4) is 0 Å². The molecule has 1 heterocycles. The minimum Gasteiger partial charge on any atom is -0.465 e. The first-order valence-electron chi connectivity index (χ1n) is 3.86. The Morgan fingerprint density at radius 3 is 2.83 bits per heavy atom. The number of carbonyl (C=O) groups is 1. The molecule has 0 spiro atoms. The predicted molar refractivity (Wildman–Crippen MR) is 43.2 cm³/mol. The molecule has 0 saturated carbocycles. The number of likely N-dealkylation sites (N-methyl/N-ethyl adjacent to an activating group) is 1. The van der Waals surface area contributed by atoms with E-state index in [-0.39, 0.29) is 12.1 Å². The third-order valence-corrected chi connectivity index (χ3v) is 2.23. The van der Waals surface area contributed by atoms with Crippen molar-refractivity contribution >= 4 is 6.09 Å². The van der Waals surface area contributed by atoms with Gasteiger partial charge in [-0.2, -0.15) is 0 Å². The van der Waals surface area contributed by atoms with E-state index in [0.29, 0.717) is 6.54 Å². The predicted octanol–water partition coefficient (Wildman–Crippen LogP) is -0.417. The number of ether oxygens (including phenoxy) is 1. The second-order valence-corrected chi connectivity index (χ2v) is 2.89. The van der Waals surface area contributed by atoms with Crippen LogP contribution in [0.1, 0.15) is 0 Å². The van der Waals surface area contributed by atoms with Gasteiger partial charge in [0.1, 0.15) is 0 Å². The van der Waals surface area contributed by atoms with E-state index in [1.54, 1.807) is 14.2 Å². The van der Waals surface area contributed by atoms with E-state index in [2.05, 4.69) is 5.32 Å². The molecule has 1 aliphatic rings. The molecule has 1 rings (SSSR count). The van der Waals surface area contributed by atoms with Crippen LogP contribution in [0.2, 0.25) is 0 Å². The largest absolute Gasteiger partial charge is 0.465 e. The van der Waals surface area contributed by atoms with Gasteiger partial charge in [0, 0.05) is 27.2 Å². The summed E-state index contributed by atoms with van der Waals surface area (Å²) in [6.07, 6.45) is -0.933. The fourth-order valence-corrected chi connectivity index (χ4v) is 1.41. The van der Waals surface area contributed by atoms with Crippen molar-refractivity contribution in [3.63, 3.8) is 0 Å². The molecule has 2 atom stereocenters. The Labute approximate surface area is 71.3 Å². The molecule has 0 aromatic rings. The lowest BCUT2D eigenvalue weighted by Crippen LogP contribution is -2.44. The monoisotopic (exact) mass is 174 g/mol. The number of carboxylic acid groups (broad SMARTS) is 1. The van der Waals surface area contributed by atoms with Crippen molar-refractivity contribution in [3.8, 4) is 0 Å². The van der Waals surface area contributed by atoms with Gasteiger partial charge in [-0.25, -0.2) is 4.79 Å². The highest BCUT2D eigenvalue weighted by Crippen LogP contribution is 2.10. The smallest absolute Gasteiger partial charge is 0.407 e. The summed E-state index contributed by atoms with van der Waals surface area (Å²) in [5.74, 6) is 0. The van der Waals surface area contributed by atoms with Crippen molar-refractivity contribution < 1.29 is 14.6 Å².